The second-order valence-electron chi connectivity index (χ2n) is 4.96. The quantitative estimate of drug-likeness (QED) is 0.802. The van der Waals surface area contributed by atoms with E-state index in [1.807, 2.05) is 12.1 Å². The standard InChI is InChI=1S/C17H18FNO2/c1-12-4-2-3-5-13(12)8-9-19-11-15-10-14(17(20)21)6-7-16(15)18/h2-7,10,19H,8-9,11H2,1H3,(H,20,21). The number of hydrogen-bond donors (Lipinski definition) is 2. The van der Waals surface area contributed by atoms with Crippen molar-refractivity contribution in [3.63, 3.8) is 0 Å². The lowest BCUT2D eigenvalue weighted by Crippen LogP contribution is -2.18. The summed E-state index contributed by atoms with van der Waals surface area (Å²) in [6, 6.07) is 12.0. The van der Waals surface area contributed by atoms with E-state index in [2.05, 4.69) is 24.4 Å². The van der Waals surface area contributed by atoms with Crippen LogP contribution in [-0.4, -0.2) is 17.6 Å². The fourth-order valence-corrected chi connectivity index (χ4v) is 2.18. The van der Waals surface area contributed by atoms with E-state index in [1.165, 1.54) is 29.3 Å². The van der Waals surface area contributed by atoms with Crippen molar-refractivity contribution >= 4 is 5.97 Å². The number of hydrogen-bond acceptors (Lipinski definition) is 2. The molecule has 0 saturated heterocycles. The summed E-state index contributed by atoms with van der Waals surface area (Å²) in [7, 11) is 0. The Labute approximate surface area is 123 Å². The number of carboxylic acids is 1. The van der Waals surface area contributed by atoms with Gasteiger partial charge in [-0.05, 0) is 49.2 Å². The molecule has 0 aliphatic rings. The van der Waals surface area contributed by atoms with Gasteiger partial charge in [0.05, 0.1) is 5.56 Å². The van der Waals surface area contributed by atoms with E-state index in [9.17, 15) is 9.18 Å². The van der Waals surface area contributed by atoms with Crippen molar-refractivity contribution in [2.24, 2.45) is 0 Å². The molecule has 2 N–H and O–H groups in total. The van der Waals surface area contributed by atoms with E-state index in [0.717, 1.165) is 6.42 Å². The topological polar surface area (TPSA) is 49.3 Å². The molecule has 110 valence electrons. The maximum absolute atomic E-state index is 13.6. The van der Waals surface area contributed by atoms with Gasteiger partial charge in [-0.2, -0.15) is 0 Å². The molecule has 0 radical (unpaired) electrons. The largest absolute Gasteiger partial charge is 0.478 e. The molecule has 2 aromatic rings. The molecule has 0 fully saturated rings. The molecule has 2 aromatic carbocycles. The van der Waals surface area contributed by atoms with Gasteiger partial charge in [-0.3, -0.25) is 0 Å². The zero-order valence-corrected chi connectivity index (χ0v) is 11.9. The first-order chi connectivity index (χ1) is 10.1. The fraction of sp³-hybridized carbons (Fsp3) is 0.235. The summed E-state index contributed by atoms with van der Waals surface area (Å²) in [6.45, 7) is 3.09. The van der Waals surface area contributed by atoms with Gasteiger partial charge in [-0.1, -0.05) is 24.3 Å². The fourth-order valence-electron chi connectivity index (χ4n) is 2.18. The van der Waals surface area contributed by atoms with Crippen LogP contribution in [0, 0.1) is 12.7 Å². The summed E-state index contributed by atoms with van der Waals surface area (Å²) < 4.78 is 13.6. The van der Waals surface area contributed by atoms with Gasteiger partial charge in [0.25, 0.3) is 0 Å². The van der Waals surface area contributed by atoms with Gasteiger partial charge in [-0.15, -0.1) is 0 Å². The minimum Gasteiger partial charge on any atom is -0.478 e. The first-order valence-corrected chi connectivity index (χ1v) is 6.85. The lowest BCUT2D eigenvalue weighted by molar-refractivity contribution is 0.0696. The third kappa shape index (κ3) is 4.13. The average Bonchev–Trinajstić information content (AvgIpc) is 2.46. The molecule has 0 atom stereocenters. The third-order valence-electron chi connectivity index (χ3n) is 3.44. The Morgan fingerprint density at radius 1 is 1.19 bits per heavy atom. The minimum absolute atomic E-state index is 0.104. The minimum atomic E-state index is -1.05. The molecule has 0 saturated carbocycles. The van der Waals surface area contributed by atoms with Gasteiger partial charge >= 0.3 is 5.97 Å². The second kappa shape index (κ2) is 6.99. The molecule has 0 aliphatic heterocycles. The first-order valence-electron chi connectivity index (χ1n) is 6.85. The zero-order valence-electron chi connectivity index (χ0n) is 11.9. The molecule has 4 heteroatoms. The number of carboxylic acid groups (broad SMARTS) is 1. The van der Waals surface area contributed by atoms with Crippen molar-refractivity contribution in [1.82, 2.24) is 5.32 Å². The molecule has 0 unspecified atom stereocenters. The Morgan fingerprint density at radius 3 is 2.67 bits per heavy atom. The van der Waals surface area contributed by atoms with Gasteiger partial charge in [0.15, 0.2) is 0 Å². The van der Waals surface area contributed by atoms with Crippen LogP contribution in [0.3, 0.4) is 0 Å². The van der Waals surface area contributed by atoms with Crippen LogP contribution in [0.4, 0.5) is 4.39 Å². The number of aryl methyl sites for hydroxylation is 1. The smallest absolute Gasteiger partial charge is 0.335 e. The Balaban J connectivity index is 1.90. The Kier molecular flexibility index (Phi) is 5.06. The van der Waals surface area contributed by atoms with E-state index in [4.69, 9.17) is 5.11 Å². The van der Waals surface area contributed by atoms with Crippen LogP contribution in [0.5, 0.6) is 0 Å². The van der Waals surface area contributed by atoms with E-state index >= 15 is 0 Å². The van der Waals surface area contributed by atoms with Gasteiger partial charge in [-0.25, -0.2) is 9.18 Å². The molecular weight excluding hydrogens is 269 g/mol. The Hall–Kier alpha value is -2.20. The molecule has 0 bridgehead atoms. The van der Waals surface area contributed by atoms with Crippen LogP contribution in [0.25, 0.3) is 0 Å². The van der Waals surface area contributed by atoms with Crippen molar-refractivity contribution in [2.45, 2.75) is 19.9 Å². The van der Waals surface area contributed by atoms with Crippen molar-refractivity contribution in [3.05, 3.63) is 70.5 Å². The number of halogens is 1. The SMILES string of the molecule is Cc1ccccc1CCNCc1cc(C(=O)O)ccc1F. The highest BCUT2D eigenvalue weighted by atomic mass is 19.1. The zero-order chi connectivity index (χ0) is 15.2. The van der Waals surface area contributed by atoms with E-state index in [1.54, 1.807) is 0 Å². The number of carbonyl (C=O) groups is 1. The summed E-state index contributed by atoms with van der Waals surface area (Å²) in [5.74, 6) is -1.43. The highest BCUT2D eigenvalue weighted by Gasteiger charge is 2.08. The second-order valence-corrected chi connectivity index (χ2v) is 4.96. The number of aromatic carboxylic acids is 1. The van der Waals surface area contributed by atoms with Crippen molar-refractivity contribution in [1.29, 1.82) is 0 Å². The Morgan fingerprint density at radius 2 is 1.95 bits per heavy atom. The maximum atomic E-state index is 13.6. The summed E-state index contributed by atoms with van der Waals surface area (Å²) >= 11 is 0. The highest BCUT2D eigenvalue weighted by Crippen LogP contribution is 2.11. The van der Waals surface area contributed by atoms with Crippen molar-refractivity contribution < 1.29 is 14.3 Å². The Bertz CT molecular complexity index is 640. The van der Waals surface area contributed by atoms with Gasteiger partial charge < -0.3 is 10.4 Å². The summed E-state index contributed by atoms with van der Waals surface area (Å²) in [5.41, 5.74) is 2.97. The molecule has 0 heterocycles. The number of rotatable bonds is 6. The average molecular weight is 287 g/mol. The summed E-state index contributed by atoms with van der Waals surface area (Å²) in [6.07, 6.45) is 0.854. The van der Waals surface area contributed by atoms with Crippen LogP contribution < -0.4 is 5.32 Å². The van der Waals surface area contributed by atoms with Crippen LogP contribution >= 0.6 is 0 Å². The van der Waals surface area contributed by atoms with E-state index in [-0.39, 0.29) is 11.4 Å². The lowest BCUT2D eigenvalue weighted by Gasteiger charge is -2.08. The van der Waals surface area contributed by atoms with Crippen LogP contribution in [0.1, 0.15) is 27.0 Å². The lowest BCUT2D eigenvalue weighted by atomic mass is 10.1. The summed E-state index contributed by atoms with van der Waals surface area (Å²) in [4.78, 5) is 10.9. The first kappa shape index (κ1) is 15.2. The van der Waals surface area contributed by atoms with Crippen molar-refractivity contribution in [3.8, 4) is 0 Å². The number of benzene rings is 2. The molecule has 2 rings (SSSR count). The predicted molar refractivity (Wildman–Crippen MR) is 79.9 cm³/mol. The molecule has 21 heavy (non-hydrogen) atoms. The molecule has 0 aromatic heterocycles. The molecule has 0 spiro atoms. The van der Waals surface area contributed by atoms with Gasteiger partial charge in [0, 0.05) is 12.1 Å². The maximum Gasteiger partial charge on any atom is 0.335 e. The highest BCUT2D eigenvalue weighted by molar-refractivity contribution is 5.87. The predicted octanol–water partition coefficient (Wildman–Crippen LogP) is 3.16. The molecular formula is C17H18FNO2. The van der Waals surface area contributed by atoms with Crippen molar-refractivity contribution in [2.75, 3.05) is 6.54 Å². The van der Waals surface area contributed by atoms with E-state index < -0.39 is 5.97 Å². The number of nitrogens with one attached hydrogen (secondary N) is 1. The van der Waals surface area contributed by atoms with Gasteiger partial charge in [0.2, 0.25) is 0 Å². The van der Waals surface area contributed by atoms with Gasteiger partial charge in [0.1, 0.15) is 5.82 Å². The third-order valence-corrected chi connectivity index (χ3v) is 3.44. The summed E-state index contributed by atoms with van der Waals surface area (Å²) in [5, 5.41) is 12.1. The molecule has 3 nitrogen and oxygen atoms in total. The van der Waals surface area contributed by atoms with Crippen LogP contribution in [-0.2, 0) is 13.0 Å². The molecule has 0 amide bonds. The van der Waals surface area contributed by atoms with Crippen LogP contribution in [0.15, 0.2) is 42.5 Å². The molecule has 0 aliphatic carbocycles. The van der Waals surface area contributed by atoms with E-state index in [0.29, 0.717) is 18.7 Å². The normalized spacial score (nSPS) is 10.6. The van der Waals surface area contributed by atoms with Crippen LogP contribution in [0.2, 0.25) is 0 Å². The monoisotopic (exact) mass is 287 g/mol.